The van der Waals surface area contributed by atoms with Crippen LogP contribution in [0, 0.1) is 11.7 Å². The van der Waals surface area contributed by atoms with E-state index in [2.05, 4.69) is 15.4 Å². The van der Waals surface area contributed by atoms with Gasteiger partial charge in [-0.3, -0.25) is 5.32 Å². The highest BCUT2D eigenvalue weighted by atomic mass is 19.1. The van der Waals surface area contributed by atoms with Crippen LogP contribution in [-0.4, -0.2) is 20.3 Å². The first-order chi connectivity index (χ1) is 9.63. The Hall–Kier alpha value is -1.62. The van der Waals surface area contributed by atoms with Crippen molar-refractivity contribution in [2.75, 3.05) is 19.5 Å². The lowest BCUT2D eigenvalue weighted by atomic mass is 10.00. The fourth-order valence-electron chi connectivity index (χ4n) is 2.30. The summed E-state index contributed by atoms with van der Waals surface area (Å²) in [6.45, 7) is 0. The topological polar surface area (TPSA) is 50.4 Å². The molecule has 1 aromatic rings. The van der Waals surface area contributed by atoms with Crippen LogP contribution in [0.15, 0.2) is 18.2 Å². The number of carbonyl (C=O) groups excluding carboxylic acids is 1. The van der Waals surface area contributed by atoms with Crippen molar-refractivity contribution >= 4 is 11.8 Å². The quantitative estimate of drug-likeness (QED) is 0.839. The molecule has 110 valence electrons. The molecule has 1 aliphatic carbocycles. The molecule has 0 spiro atoms. The molecule has 1 aliphatic rings. The minimum absolute atomic E-state index is 0.154. The van der Waals surface area contributed by atoms with Crippen LogP contribution < -0.4 is 10.6 Å². The molecule has 0 aliphatic heterocycles. The minimum Gasteiger partial charge on any atom is -0.453 e. The standard InChI is InChI=1S/C15H21FN2O2/c1-17-13(8-5-10-3-4-10)11-6-7-12(16)14(9-11)18-15(19)20-2/h6-7,9-10,13,17H,3-5,8H2,1-2H3,(H,18,19). The van der Waals surface area contributed by atoms with Crippen molar-refractivity contribution in [3.05, 3.63) is 29.6 Å². The van der Waals surface area contributed by atoms with E-state index in [1.807, 2.05) is 7.05 Å². The Bertz CT molecular complexity index is 475. The summed E-state index contributed by atoms with van der Waals surface area (Å²) in [5, 5.41) is 5.64. The molecule has 1 unspecified atom stereocenters. The summed E-state index contributed by atoms with van der Waals surface area (Å²) in [6.07, 6.45) is 4.19. The summed E-state index contributed by atoms with van der Waals surface area (Å²) >= 11 is 0. The zero-order valence-corrected chi connectivity index (χ0v) is 11.9. The van der Waals surface area contributed by atoms with Gasteiger partial charge < -0.3 is 10.1 Å². The summed E-state index contributed by atoms with van der Waals surface area (Å²) in [6, 6.07) is 4.98. The van der Waals surface area contributed by atoms with Gasteiger partial charge in [-0.2, -0.15) is 0 Å². The van der Waals surface area contributed by atoms with Gasteiger partial charge in [0.1, 0.15) is 5.82 Å². The van der Waals surface area contributed by atoms with E-state index in [1.165, 1.54) is 32.4 Å². The van der Waals surface area contributed by atoms with Crippen LogP contribution in [0.2, 0.25) is 0 Å². The number of carbonyl (C=O) groups is 1. The van der Waals surface area contributed by atoms with E-state index in [0.29, 0.717) is 0 Å². The van der Waals surface area contributed by atoms with E-state index >= 15 is 0 Å². The molecule has 20 heavy (non-hydrogen) atoms. The fourth-order valence-corrected chi connectivity index (χ4v) is 2.30. The van der Waals surface area contributed by atoms with E-state index in [-0.39, 0.29) is 11.7 Å². The van der Waals surface area contributed by atoms with Crippen molar-refractivity contribution in [1.82, 2.24) is 5.32 Å². The summed E-state index contributed by atoms with van der Waals surface area (Å²) in [4.78, 5) is 11.2. The molecule has 1 saturated carbocycles. The first kappa shape index (κ1) is 14.8. The van der Waals surface area contributed by atoms with Crippen LogP contribution in [0.1, 0.15) is 37.3 Å². The van der Waals surface area contributed by atoms with Gasteiger partial charge in [-0.15, -0.1) is 0 Å². The van der Waals surface area contributed by atoms with Crippen LogP contribution in [0.4, 0.5) is 14.9 Å². The summed E-state index contributed by atoms with van der Waals surface area (Å²) in [5.41, 5.74) is 1.13. The molecule has 2 N–H and O–H groups in total. The molecule has 0 saturated heterocycles. The second-order valence-corrected chi connectivity index (χ2v) is 5.22. The van der Waals surface area contributed by atoms with Crippen LogP contribution >= 0.6 is 0 Å². The summed E-state index contributed by atoms with van der Waals surface area (Å²) < 4.78 is 18.2. The average molecular weight is 280 g/mol. The van der Waals surface area contributed by atoms with E-state index < -0.39 is 11.9 Å². The van der Waals surface area contributed by atoms with Gasteiger partial charge in [-0.05, 0) is 43.5 Å². The first-order valence-corrected chi connectivity index (χ1v) is 6.95. The summed E-state index contributed by atoms with van der Waals surface area (Å²) in [5.74, 6) is 0.398. The van der Waals surface area contributed by atoms with E-state index in [4.69, 9.17) is 0 Å². The minimum atomic E-state index is -0.667. The Morgan fingerprint density at radius 1 is 1.50 bits per heavy atom. The number of hydrogen-bond acceptors (Lipinski definition) is 3. The highest BCUT2D eigenvalue weighted by Crippen LogP contribution is 2.36. The lowest BCUT2D eigenvalue weighted by molar-refractivity contribution is 0.187. The smallest absolute Gasteiger partial charge is 0.411 e. The molecular formula is C15H21FN2O2. The van der Waals surface area contributed by atoms with Gasteiger partial charge in [0.25, 0.3) is 0 Å². The van der Waals surface area contributed by atoms with Crippen molar-refractivity contribution in [3.63, 3.8) is 0 Å². The van der Waals surface area contributed by atoms with E-state index in [9.17, 15) is 9.18 Å². The monoisotopic (exact) mass is 280 g/mol. The molecule has 1 aromatic carbocycles. The number of nitrogens with one attached hydrogen (secondary N) is 2. The van der Waals surface area contributed by atoms with Crippen molar-refractivity contribution < 1.29 is 13.9 Å². The molecule has 1 atom stereocenters. The van der Waals surface area contributed by atoms with Gasteiger partial charge in [0.05, 0.1) is 12.8 Å². The number of halogens is 1. The number of hydrogen-bond donors (Lipinski definition) is 2. The third-order valence-corrected chi connectivity index (χ3v) is 3.72. The second kappa shape index (κ2) is 6.70. The molecule has 1 amide bonds. The Morgan fingerprint density at radius 2 is 2.25 bits per heavy atom. The summed E-state index contributed by atoms with van der Waals surface area (Å²) in [7, 11) is 3.15. The first-order valence-electron chi connectivity index (χ1n) is 6.95. The predicted molar refractivity (Wildman–Crippen MR) is 76.2 cm³/mol. The van der Waals surface area contributed by atoms with Crippen molar-refractivity contribution in [2.24, 2.45) is 5.92 Å². The number of amides is 1. The normalized spacial score (nSPS) is 15.8. The maximum Gasteiger partial charge on any atom is 0.411 e. The molecular weight excluding hydrogens is 259 g/mol. The van der Waals surface area contributed by atoms with E-state index in [1.54, 1.807) is 12.1 Å². The Morgan fingerprint density at radius 3 is 2.85 bits per heavy atom. The van der Waals surface area contributed by atoms with Crippen LogP contribution in [0.5, 0.6) is 0 Å². The maximum atomic E-state index is 13.7. The predicted octanol–water partition coefficient (Wildman–Crippen LogP) is 3.45. The van der Waals surface area contributed by atoms with Crippen molar-refractivity contribution in [3.8, 4) is 0 Å². The SMILES string of the molecule is CNC(CCC1CC1)c1ccc(F)c(NC(=O)OC)c1. The van der Waals surface area contributed by atoms with Gasteiger partial charge in [0.2, 0.25) is 0 Å². The van der Waals surface area contributed by atoms with Crippen LogP contribution in [0.25, 0.3) is 0 Å². The molecule has 0 bridgehead atoms. The zero-order chi connectivity index (χ0) is 14.5. The average Bonchev–Trinajstić information content (AvgIpc) is 3.26. The number of benzene rings is 1. The second-order valence-electron chi connectivity index (χ2n) is 5.22. The molecule has 0 aromatic heterocycles. The van der Waals surface area contributed by atoms with Crippen LogP contribution in [0.3, 0.4) is 0 Å². The Balaban J connectivity index is 2.08. The van der Waals surface area contributed by atoms with Gasteiger partial charge in [-0.25, -0.2) is 9.18 Å². The molecule has 1 fully saturated rings. The highest BCUT2D eigenvalue weighted by Gasteiger charge is 2.23. The molecule has 0 heterocycles. The zero-order valence-electron chi connectivity index (χ0n) is 11.9. The van der Waals surface area contributed by atoms with Crippen molar-refractivity contribution in [2.45, 2.75) is 31.7 Å². The lowest BCUT2D eigenvalue weighted by Gasteiger charge is -2.18. The number of rotatable bonds is 6. The number of ether oxygens (including phenoxy) is 1. The van der Waals surface area contributed by atoms with Gasteiger partial charge in [0, 0.05) is 6.04 Å². The van der Waals surface area contributed by atoms with E-state index in [0.717, 1.165) is 17.9 Å². The third-order valence-electron chi connectivity index (χ3n) is 3.72. The lowest BCUT2D eigenvalue weighted by Crippen LogP contribution is -2.18. The third kappa shape index (κ3) is 3.93. The molecule has 0 radical (unpaired) electrons. The largest absolute Gasteiger partial charge is 0.453 e. The molecule has 2 rings (SSSR count). The number of anilines is 1. The van der Waals surface area contributed by atoms with Gasteiger partial charge >= 0.3 is 6.09 Å². The Labute approximate surface area is 118 Å². The number of methoxy groups -OCH3 is 1. The highest BCUT2D eigenvalue weighted by molar-refractivity contribution is 5.84. The van der Waals surface area contributed by atoms with Crippen molar-refractivity contribution in [1.29, 1.82) is 0 Å². The van der Waals surface area contributed by atoms with Gasteiger partial charge in [0.15, 0.2) is 0 Å². The van der Waals surface area contributed by atoms with Gasteiger partial charge in [-0.1, -0.05) is 18.9 Å². The molecule has 5 heteroatoms. The van der Waals surface area contributed by atoms with Crippen LogP contribution in [-0.2, 0) is 4.74 Å². The Kier molecular flexibility index (Phi) is 4.95. The fraction of sp³-hybridized carbons (Fsp3) is 0.533. The molecule has 4 nitrogen and oxygen atoms in total. The maximum absolute atomic E-state index is 13.7.